The highest BCUT2D eigenvalue weighted by molar-refractivity contribution is 6.30. The largest absolute Gasteiger partial charge is 0.508 e. The first-order valence-corrected chi connectivity index (χ1v) is 9.95. The van der Waals surface area contributed by atoms with Crippen molar-refractivity contribution in [3.05, 3.63) is 64.7 Å². The number of hydrogen-bond acceptors (Lipinski definition) is 4. The van der Waals surface area contributed by atoms with Crippen molar-refractivity contribution in [2.45, 2.75) is 38.6 Å². The zero-order valence-electron chi connectivity index (χ0n) is 16.1. The molecule has 1 unspecified atom stereocenters. The molecule has 3 N–H and O–H groups in total. The number of benzene rings is 2. The molecule has 0 spiro atoms. The van der Waals surface area contributed by atoms with Crippen LogP contribution in [0, 0.1) is 0 Å². The molecule has 0 aliphatic heterocycles. The topological polar surface area (TPSA) is 78.4 Å². The molecule has 28 heavy (non-hydrogen) atoms. The van der Waals surface area contributed by atoms with Crippen LogP contribution < -0.4 is 10.6 Å². The predicted octanol–water partition coefficient (Wildman–Crippen LogP) is 3.74. The van der Waals surface area contributed by atoms with Gasteiger partial charge >= 0.3 is 0 Å². The minimum Gasteiger partial charge on any atom is -0.508 e. The second kappa shape index (κ2) is 11.5. The van der Waals surface area contributed by atoms with Gasteiger partial charge in [-0.2, -0.15) is 0 Å². The van der Waals surface area contributed by atoms with Crippen molar-refractivity contribution in [3.8, 4) is 5.75 Å². The summed E-state index contributed by atoms with van der Waals surface area (Å²) in [5, 5.41) is 16.1. The van der Waals surface area contributed by atoms with Gasteiger partial charge in [0.05, 0.1) is 6.04 Å². The standard InChI is InChI=1S/C22H27ClN2O3/c1-2-13-24-14-3-4-21(27)20(15-16-5-11-19(26)12-6-16)25-22(28)17-7-9-18(23)10-8-17/h5-12,20,24,26H,2-4,13-15H2,1H3,(H,25,28). The third-order valence-electron chi connectivity index (χ3n) is 4.38. The van der Waals surface area contributed by atoms with Crippen LogP contribution in [0.5, 0.6) is 5.75 Å². The van der Waals surface area contributed by atoms with E-state index in [9.17, 15) is 14.7 Å². The number of nitrogens with one attached hydrogen (secondary N) is 2. The average Bonchev–Trinajstić information content (AvgIpc) is 2.69. The van der Waals surface area contributed by atoms with Gasteiger partial charge in [0.1, 0.15) is 5.75 Å². The summed E-state index contributed by atoms with van der Waals surface area (Å²) in [6.07, 6.45) is 2.54. The summed E-state index contributed by atoms with van der Waals surface area (Å²) in [5.41, 5.74) is 1.33. The molecular weight excluding hydrogens is 376 g/mol. The van der Waals surface area contributed by atoms with E-state index in [0.717, 1.165) is 31.5 Å². The van der Waals surface area contributed by atoms with E-state index in [1.165, 1.54) is 0 Å². The Morgan fingerprint density at radius 2 is 1.71 bits per heavy atom. The Bertz CT molecular complexity index is 760. The van der Waals surface area contributed by atoms with E-state index >= 15 is 0 Å². The molecule has 0 aliphatic rings. The van der Waals surface area contributed by atoms with Crippen LogP contribution >= 0.6 is 11.6 Å². The zero-order valence-corrected chi connectivity index (χ0v) is 16.8. The van der Waals surface area contributed by atoms with E-state index in [0.29, 0.717) is 23.4 Å². The molecule has 2 rings (SSSR count). The number of phenols is 1. The first-order valence-electron chi connectivity index (χ1n) is 9.57. The first kappa shape index (κ1) is 21.9. The van der Waals surface area contributed by atoms with Crippen molar-refractivity contribution in [1.29, 1.82) is 0 Å². The van der Waals surface area contributed by atoms with Crippen molar-refractivity contribution < 1.29 is 14.7 Å². The molecule has 5 nitrogen and oxygen atoms in total. The summed E-state index contributed by atoms with van der Waals surface area (Å²) >= 11 is 5.87. The minimum atomic E-state index is -0.626. The second-order valence-electron chi connectivity index (χ2n) is 6.72. The number of hydrogen-bond donors (Lipinski definition) is 3. The number of amides is 1. The Labute approximate surface area is 171 Å². The number of halogens is 1. The Hall–Kier alpha value is -2.37. The van der Waals surface area contributed by atoms with Crippen LogP contribution in [0.3, 0.4) is 0 Å². The molecule has 0 fully saturated rings. The first-order chi connectivity index (χ1) is 13.5. The van der Waals surface area contributed by atoms with Crippen LogP contribution in [0.4, 0.5) is 0 Å². The highest BCUT2D eigenvalue weighted by atomic mass is 35.5. The van der Waals surface area contributed by atoms with Gasteiger partial charge in [-0.05, 0) is 74.3 Å². The number of ketones is 1. The summed E-state index contributed by atoms with van der Waals surface area (Å²) in [7, 11) is 0. The lowest BCUT2D eigenvalue weighted by atomic mass is 9.99. The van der Waals surface area contributed by atoms with E-state index in [1.807, 2.05) is 0 Å². The Morgan fingerprint density at radius 1 is 1.04 bits per heavy atom. The maximum Gasteiger partial charge on any atom is 0.251 e. The van der Waals surface area contributed by atoms with Crippen molar-refractivity contribution >= 4 is 23.3 Å². The molecule has 1 atom stereocenters. The summed E-state index contributed by atoms with van der Waals surface area (Å²) in [4.78, 5) is 25.3. The summed E-state index contributed by atoms with van der Waals surface area (Å²) in [5.74, 6) is -0.148. The molecule has 2 aromatic rings. The summed E-state index contributed by atoms with van der Waals surface area (Å²) in [6.45, 7) is 3.80. The maximum atomic E-state index is 12.8. The third kappa shape index (κ3) is 7.33. The fraction of sp³-hybridized carbons (Fsp3) is 0.364. The summed E-state index contributed by atoms with van der Waals surface area (Å²) < 4.78 is 0. The molecule has 0 aliphatic carbocycles. The van der Waals surface area contributed by atoms with Gasteiger partial charge in [0, 0.05) is 17.0 Å². The van der Waals surface area contributed by atoms with Crippen molar-refractivity contribution in [1.82, 2.24) is 10.6 Å². The fourth-order valence-corrected chi connectivity index (χ4v) is 2.95. The quantitative estimate of drug-likeness (QED) is 0.500. The zero-order chi connectivity index (χ0) is 20.4. The molecule has 6 heteroatoms. The molecular formula is C22H27ClN2O3. The predicted molar refractivity (Wildman–Crippen MR) is 112 cm³/mol. The number of Topliss-reactive ketones (excluding diaryl/α,β-unsaturated/α-hetero) is 1. The lowest BCUT2D eigenvalue weighted by Gasteiger charge is -2.18. The van der Waals surface area contributed by atoms with Crippen LogP contribution in [0.2, 0.25) is 5.02 Å². The van der Waals surface area contributed by atoms with Gasteiger partial charge < -0.3 is 15.7 Å². The van der Waals surface area contributed by atoms with Crippen LogP contribution in [-0.2, 0) is 11.2 Å². The van der Waals surface area contributed by atoms with Gasteiger partial charge in [0.2, 0.25) is 0 Å². The Balaban J connectivity index is 2.03. The number of phenolic OH excluding ortho intramolecular Hbond substituents is 1. The van der Waals surface area contributed by atoms with Gasteiger partial charge in [-0.25, -0.2) is 0 Å². The molecule has 1 amide bonds. The van der Waals surface area contributed by atoms with Crippen LogP contribution in [0.1, 0.15) is 42.1 Å². The summed E-state index contributed by atoms with van der Waals surface area (Å²) in [6, 6.07) is 12.6. The van der Waals surface area contributed by atoms with Crippen LogP contribution in [0.15, 0.2) is 48.5 Å². The van der Waals surface area contributed by atoms with Gasteiger partial charge in [0.25, 0.3) is 5.91 Å². The molecule has 0 radical (unpaired) electrons. The molecule has 0 saturated carbocycles. The third-order valence-corrected chi connectivity index (χ3v) is 4.63. The van der Waals surface area contributed by atoms with Crippen molar-refractivity contribution in [2.24, 2.45) is 0 Å². The van der Waals surface area contributed by atoms with Gasteiger partial charge in [0.15, 0.2) is 5.78 Å². The Morgan fingerprint density at radius 3 is 2.36 bits per heavy atom. The van der Waals surface area contributed by atoms with Crippen LogP contribution in [0.25, 0.3) is 0 Å². The van der Waals surface area contributed by atoms with Gasteiger partial charge in [-0.15, -0.1) is 0 Å². The second-order valence-corrected chi connectivity index (χ2v) is 7.16. The van der Waals surface area contributed by atoms with E-state index in [-0.39, 0.29) is 17.4 Å². The van der Waals surface area contributed by atoms with Crippen molar-refractivity contribution in [2.75, 3.05) is 13.1 Å². The number of carbonyl (C=O) groups excluding carboxylic acids is 2. The monoisotopic (exact) mass is 402 g/mol. The lowest BCUT2D eigenvalue weighted by Crippen LogP contribution is -2.42. The van der Waals surface area contributed by atoms with Crippen molar-refractivity contribution in [3.63, 3.8) is 0 Å². The number of aromatic hydroxyl groups is 1. The van der Waals surface area contributed by atoms with E-state index < -0.39 is 6.04 Å². The van der Waals surface area contributed by atoms with E-state index in [2.05, 4.69) is 17.6 Å². The fourth-order valence-electron chi connectivity index (χ4n) is 2.82. The molecule has 150 valence electrons. The Kier molecular flexibility index (Phi) is 8.98. The lowest BCUT2D eigenvalue weighted by molar-refractivity contribution is -0.121. The highest BCUT2D eigenvalue weighted by Crippen LogP contribution is 2.14. The molecule has 0 bridgehead atoms. The molecule has 0 heterocycles. The minimum absolute atomic E-state index is 0.00585. The molecule has 0 saturated heterocycles. The molecule has 0 aromatic heterocycles. The number of carbonyl (C=O) groups is 2. The number of rotatable bonds is 11. The maximum absolute atomic E-state index is 12.8. The van der Waals surface area contributed by atoms with E-state index in [1.54, 1.807) is 48.5 Å². The van der Waals surface area contributed by atoms with Gasteiger partial charge in [-0.1, -0.05) is 30.7 Å². The smallest absolute Gasteiger partial charge is 0.251 e. The normalized spacial score (nSPS) is 11.8. The van der Waals surface area contributed by atoms with Gasteiger partial charge in [-0.3, -0.25) is 9.59 Å². The van der Waals surface area contributed by atoms with Crippen LogP contribution in [-0.4, -0.2) is 35.9 Å². The highest BCUT2D eigenvalue weighted by Gasteiger charge is 2.21. The van der Waals surface area contributed by atoms with E-state index in [4.69, 9.17) is 11.6 Å². The SMILES string of the molecule is CCCNCCCC(=O)C(Cc1ccc(O)cc1)NC(=O)c1ccc(Cl)cc1. The average molecular weight is 403 g/mol. The molecule has 2 aromatic carbocycles.